The Hall–Kier alpha value is -2.73. The summed E-state index contributed by atoms with van der Waals surface area (Å²) in [5.41, 5.74) is 6.29. The van der Waals surface area contributed by atoms with Crippen molar-refractivity contribution in [3.63, 3.8) is 0 Å². The Balaban J connectivity index is 2.45. The number of aromatic amines is 1. The van der Waals surface area contributed by atoms with E-state index >= 15 is 0 Å². The van der Waals surface area contributed by atoms with Gasteiger partial charge in [-0.25, -0.2) is 10.9 Å². The summed E-state index contributed by atoms with van der Waals surface area (Å²) in [4.78, 5) is 3.74. The zero-order valence-corrected chi connectivity index (χ0v) is 12.7. The molecule has 0 aliphatic carbocycles. The quantitative estimate of drug-likeness (QED) is 0.205. The first-order valence-corrected chi connectivity index (χ1v) is 6.70. The Morgan fingerprint density at radius 3 is 2.58 bits per heavy atom. The fourth-order valence-electron chi connectivity index (χ4n) is 1.90. The third-order valence-corrected chi connectivity index (χ3v) is 3.26. The Kier molecular flexibility index (Phi) is 4.99. The van der Waals surface area contributed by atoms with Gasteiger partial charge in [-0.15, -0.1) is 5.10 Å². The van der Waals surface area contributed by atoms with Crippen LogP contribution in [-0.2, 0) is 12.6 Å². The summed E-state index contributed by atoms with van der Waals surface area (Å²) in [6.45, 7) is 0. The molecule has 0 unspecified atom stereocenters. The fraction of sp³-hybridized carbons (Fsp3) is 0.182. The van der Waals surface area contributed by atoms with Crippen LogP contribution in [0.3, 0.4) is 0 Å². The highest BCUT2D eigenvalue weighted by Gasteiger charge is 2.35. The third-order valence-electron chi connectivity index (χ3n) is 2.93. The molecule has 9 nitrogen and oxygen atoms in total. The summed E-state index contributed by atoms with van der Waals surface area (Å²) >= 11 is 5.99. The average molecular weight is 364 g/mol. The van der Waals surface area contributed by atoms with E-state index in [1.807, 2.05) is 0 Å². The summed E-state index contributed by atoms with van der Waals surface area (Å²) in [5.74, 6) is 10.1. The second kappa shape index (κ2) is 6.80. The summed E-state index contributed by atoms with van der Waals surface area (Å²) in [6, 6.07) is 2.14. The van der Waals surface area contributed by atoms with Crippen LogP contribution in [0.15, 0.2) is 17.2 Å². The number of hydrogen-bond donors (Lipinski definition) is 6. The number of alkyl halides is 3. The van der Waals surface area contributed by atoms with E-state index in [2.05, 4.69) is 31.0 Å². The lowest BCUT2D eigenvalue weighted by molar-refractivity contribution is -0.138. The molecule has 130 valence electrons. The van der Waals surface area contributed by atoms with E-state index in [-0.39, 0.29) is 40.4 Å². The van der Waals surface area contributed by atoms with E-state index in [1.165, 1.54) is 6.07 Å². The molecule has 2 aromatic rings. The number of hydrazone groups is 1. The second-order valence-electron chi connectivity index (χ2n) is 4.55. The highest BCUT2D eigenvalue weighted by Crippen LogP contribution is 2.38. The maximum atomic E-state index is 13.3. The molecule has 0 saturated heterocycles. The number of amidine groups is 1. The van der Waals surface area contributed by atoms with Crippen molar-refractivity contribution in [2.45, 2.75) is 12.6 Å². The van der Waals surface area contributed by atoms with Gasteiger partial charge in [0.1, 0.15) is 5.84 Å². The first kappa shape index (κ1) is 17.6. The number of nitrogens with two attached hydrogens (primary N) is 3. The molecule has 0 bridgehead atoms. The highest BCUT2D eigenvalue weighted by molar-refractivity contribution is 6.32. The molecule has 9 N–H and O–H groups in total. The summed E-state index contributed by atoms with van der Waals surface area (Å²) in [7, 11) is 0. The molecule has 1 heterocycles. The van der Waals surface area contributed by atoms with Crippen molar-refractivity contribution in [3.05, 3.63) is 28.3 Å². The predicted molar refractivity (Wildman–Crippen MR) is 83.2 cm³/mol. The van der Waals surface area contributed by atoms with Crippen LogP contribution >= 0.6 is 11.6 Å². The molecule has 1 aromatic heterocycles. The van der Waals surface area contributed by atoms with Crippen LogP contribution in [0.4, 0.5) is 30.8 Å². The van der Waals surface area contributed by atoms with Crippen LogP contribution < -0.4 is 28.2 Å². The molecule has 0 aliphatic rings. The normalized spacial score (nSPS) is 12.3. The van der Waals surface area contributed by atoms with Gasteiger partial charge in [0.2, 0.25) is 11.9 Å². The summed E-state index contributed by atoms with van der Waals surface area (Å²) in [5, 5.41) is 11.7. The Bertz CT molecular complexity index is 756. The van der Waals surface area contributed by atoms with Crippen LogP contribution in [-0.4, -0.2) is 21.0 Å². The highest BCUT2D eigenvalue weighted by atomic mass is 35.5. The molecule has 2 rings (SSSR count). The number of halogens is 4. The molecular formula is C11H13ClF3N9. The lowest BCUT2D eigenvalue weighted by atomic mass is 10.0. The van der Waals surface area contributed by atoms with Crippen molar-refractivity contribution >= 4 is 35.0 Å². The number of rotatable bonds is 4. The van der Waals surface area contributed by atoms with Crippen molar-refractivity contribution in [1.29, 1.82) is 0 Å². The minimum atomic E-state index is -4.66. The monoisotopic (exact) mass is 363 g/mol. The van der Waals surface area contributed by atoms with E-state index in [4.69, 9.17) is 29.0 Å². The molecule has 0 aliphatic heterocycles. The first-order chi connectivity index (χ1) is 11.2. The maximum absolute atomic E-state index is 13.3. The van der Waals surface area contributed by atoms with E-state index < -0.39 is 11.7 Å². The second-order valence-corrected chi connectivity index (χ2v) is 4.96. The molecule has 0 fully saturated rings. The Labute approximate surface area is 138 Å². The van der Waals surface area contributed by atoms with Crippen LogP contribution in [0.2, 0.25) is 5.02 Å². The van der Waals surface area contributed by atoms with Crippen LogP contribution in [0.25, 0.3) is 0 Å². The van der Waals surface area contributed by atoms with E-state index in [0.29, 0.717) is 0 Å². The smallest absolute Gasteiger partial charge is 0.368 e. The lowest BCUT2D eigenvalue weighted by Gasteiger charge is -2.17. The van der Waals surface area contributed by atoms with Crippen molar-refractivity contribution < 1.29 is 13.2 Å². The van der Waals surface area contributed by atoms with Crippen molar-refractivity contribution in [2.75, 3.05) is 11.1 Å². The van der Waals surface area contributed by atoms with Crippen molar-refractivity contribution in [2.24, 2.45) is 16.8 Å². The lowest BCUT2D eigenvalue weighted by Crippen LogP contribution is -2.33. The van der Waals surface area contributed by atoms with E-state index in [9.17, 15) is 13.2 Å². The van der Waals surface area contributed by atoms with Gasteiger partial charge >= 0.3 is 6.18 Å². The zero-order chi connectivity index (χ0) is 17.9. The molecule has 1 aromatic carbocycles. The van der Waals surface area contributed by atoms with Gasteiger partial charge in [0.05, 0.1) is 5.56 Å². The number of aromatic nitrogens is 3. The summed E-state index contributed by atoms with van der Waals surface area (Å²) < 4.78 is 40.0. The van der Waals surface area contributed by atoms with Crippen LogP contribution in [0.1, 0.15) is 11.1 Å². The first-order valence-electron chi connectivity index (χ1n) is 6.32. The Morgan fingerprint density at radius 2 is 2.08 bits per heavy atom. The summed E-state index contributed by atoms with van der Waals surface area (Å²) in [6.07, 6.45) is -4.99. The number of benzene rings is 1. The fourth-order valence-corrected chi connectivity index (χ4v) is 2.19. The van der Waals surface area contributed by atoms with Crippen LogP contribution in [0, 0.1) is 0 Å². The molecule has 0 radical (unpaired) electrons. The molecule has 24 heavy (non-hydrogen) atoms. The van der Waals surface area contributed by atoms with Crippen LogP contribution in [0.5, 0.6) is 0 Å². The van der Waals surface area contributed by atoms with Gasteiger partial charge < -0.3 is 22.3 Å². The van der Waals surface area contributed by atoms with Gasteiger partial charge in [-0.2, -0.15) is 23.3 Å². The third kappa shape index (κ3) is 3.97. The molecule has 0 spiro atoms. The Morgan fingerprint density at radius 1 is 1.38 bits per heavy atom. The average Bonchev–Trinajstić information content (AvgIpc) is 2.90. The molecule has 13 heteroatoms. The number of anilines is 3. The SMILES string of the molecule is N/N=C(/Cc1c(Cl)cc(Nc2n[nH]c(N)n2)cc1C(F)(F)F)NN. The van der Waals surface area contributed by atoms with Gasteiger partial charge in [-0.3, -0.25) is 0 Å². The zero-order valence-electron chi connectivity index (χ0n) is 11.9. The standard InChI is InChI=1S/C11H13ClF3N9/c12-7-2-4(19-10-20-9(16)23-24-10)1-6(11(13,14)15)5(7)3-8(21-17)22-18/h1-2H,3,17-18H2,(H,21,22)(H4,16,19,20,23,24). The topological polar surface area (TPSA) is 156 Å². The molecule has 0 atom stereocenters. The van der Waals surface area contributed by atoms with E-state index in [0.717, 1.165) is 6.07 Å². The molecule has 0 saturated carbocycles. The van der Waals surface area contributed by atoms with E-state index in [1.54, 1.807) is 0 Å². The number of nitrogens with zero attached hydrogens (tertiary/aromatic N) is 3. The van der Waals surface area contributed by atoms with Gasteiger partial charge in [-0.05, 0) is 17.7 Å². The number of hydrazine groups is 1. The van der Waals surface area contributed by atoms with Gasteiger partial charge in [0, 0.05) is 17.1 Å². The van der Waals surface area contributed by atoms with Gasteiger partial charge in [-0.1, -0.05) is 11.6 Å². The van der Waals surface area contributed by atoms with Gasteiger partial charge in [0.15, 0.2) is 0 Å². The molecule has 0 amide bonds. The number of H-pyrrole nitrogens is 1. The minimum absolute atomic E-state index is 0.00252. The van der Waals surface area contributed by atoms with Crippen molar-refractivity contribution in [1.82, 2.24) is 20.6 Å². The minimum Gasteiger partial charge on any atom is -0.368 e. The number of nitrogen functional groups attached to an aromatic ring is 1. The predicted octanol–water partition coefficient (Wildman–Crippen LogP) is 1.08. The molecular weight excluding hydrogens is 351 g/mol. The maximum Gasteiger partial charge on any atom is 0.416 e. The number of hydrogen-bond acceptors (Lipinski definition) is 7. The van der Waals surface area contributed by atoms with Gasteiger partial charge in [0.25, 0.3) is 0 Å². The number of nitrogens with one attached hydrogen (secondary N) is 3. The van der Waals surface area contributed by atoms with Crippen molar-refractivity contribution in [3.8, 4) is 0 Å². The largest absolute Gasteiger partial charge is 0.416 e.